The van der Waals surface area contributed by atoms with Gasteiger partial charge in [0.15, 0.2) is 0 Å². The highest BCUT2D eigenvalue weighted by Crippen LogP contribution is 2.34. The van der Waals surface area contributed by atoms with Gasteiger partial charge in [0.1, 0.15) is 0 Å². The number of piperidine rings is 1. The fraction of sp³-hybridized carbons (Fsp3) is 0.643. The molecule has 0 bridgehead atoms. The Hall–Kier alpha value is -0.540. The van der Waals surface area contributed by atoms with Gasteiger partial charge in [0.25, 0.3) is 0 Å². The van der Waals surface area contributed by atoms with Crippen LogP contribution in [-0.4, -0.2) is 24.6 Å². The molecule has 17 heavy (non-hydrogen) atoms. The van der Waals surface area contributed by atoms with Crippen LogP contribution in [0.15, 0.2) is 22.6 Å². The lowest BCUT2D eigenvalue weighted by atomic mass is 9.92. The Labute approximate surface area is 108 Å². The summed E-state index contributed by atoms with van der Waals surface area (Å²) in [7, 11) is 0. The molecule has 94 valence electrons. The molecule has 2 N–H and O–H groups in total. The molecule has 0 saturated carbocycles. The van der Waals surface area contributed by atoms with E-state index in [1.807, 2.05) is 11.8 Å². The molecular formula is C14H22N2S. The van der Waals surface area contributed by atoms with Crippen molar-refractivity contribution in [3.8, 4) is 0 Å². The molecule has 1 unspecified atom stereocenters. The van der Waals surface area contributed by atoms with E-state index in [-0.39, 0.29) is 0 Å². The van der Waals surface area contributed by atoms with E-state index in [0.29, 0.717) is 11.8 Å². The average molecular weight is 250 g/mol. The molecule has 0 aromatic carbocycles. The lowest BCUT2D eigenvalue weighted by Gasteiger charge is -2.22. The van der Waals surface area contributed by atoms with E-state index in [1.165, 1.54) is 16.2 Å². The minimum atomic E-state index is 0.468. The Bertz CT molecular complexity index is 351. The molecule has 0 aromatic rings. The maximum absolute atomic E-state index is 8.19. The second-order valence-corrected chi connectivity index (χ2v) is 6.19. The number of thioether (sulfide) groups is 1. The van der Waals surface area contributed by atoms with Crippen LogP contribution in [0.1, 0.15) is 26.7 Å². The first kappa shape index (κ1) is 12.9. The summed E-state index contributed by atoms with van der Waals surface area (Å²) in [6.07, 6.45) is 6.66. The third-order valence-corrected chi connectivity index (χ3v) is 4.94. The molecule has 0 amide bonds. The zero-order valence-electron chi connectivity index (χ0n) is 10.8. The first-order valence-electron chi connectivity index (χ1n) is 6.49. The Balaban J connectivity index is 1.98. The molecule has 1 atom stereocenters. The first-order chi connectivity index (χ1) is 8.16. The number of rotatable bonds is 3. The van der Waals surface area contributed by atoms with Crippen LogP contribution in [0, 0.1) is 17.2 Å². The van der Waals surface area contributed by atoms with Crippen LogP contribution in [0.4, 0.5) is 0 Å². The van der Waals surface area contributed by atoms with Gasteiger partial charge in [-0.2, -0.15) is 0 Å². The molecule has 2 heterocycles. The van der Waals surface area contributed by atoms with Crippen LogP contribution in [0.2, 0.25) is 0 Å². The third kappa shape index (κ3) is 3.46. The maximum Gasteiger partial charge on any atom is 0.0348 e. The molecule has 2 nitrogen and oxygen atoms in total. The third-order valence-electron chi connectivity index (χ3n) is 3.48. The van der Waals surface area contributed by atoms with Crippen molar-refractivity contribution in [2.75, 3.05) is 18.8 Å². The van der Waals surface area contributed by atoms with Gasteiger partial charge in [0.2, 0.25) is 0 Å². The molecule has 2 aliphatic heterocycles. The van der Waals surface area contributed by atoms with E-state index < -0.39 is 0 Å². The van der Waals surface area contributed by atoms with Crippen LogP contribution < -0.4 is 5.32 Å². The second kappa shape index (κ2) is 5.87. The normalized spacial score (nSPS) is 27.1. The van der Waals surface area contributed by atoms with Crippen molar-refractivity contribution in [3.05, 3.63) is 22.6 Å². The Morgan fingerprint density at radius 1 is 1.47 bits per heavy atom. The van der Waals surface area contributed by atoms with Crippen molar-refractivity contribution in [3.63, 3.8) is 0 Å². The van der Waals surface area contributed by atoms with Gasteiger partial charge in [0, 0.05) is 22.3 Å². The first-order valence-corrected chi connectivity index (χ1v) is 7.48. The van der Waals surface area contributed by atoms with Crippen LogP contribution in [-0.2, 0) is 0 Å². The molecule has 2 rings (SSSR count). The molecule has 0 aliphatic carbocycles. The zero-order valence-corrected chi connectivity index (χ0v) is 11.6. The molecular weight excluding hydrogens is 228 g/mol. The minimum absolute atomic E-state index is 0.468. The molecule has 3 heteroatoms. The van der Waals surface area contributed by atoms with E-state index in [0.717, 1.165) is 31.6 Å². The van der Waals surface area contributed by atoms with E-state index in [9.17, 15) is 0 Å². The molecule has 1 fully saturated rings. The highest BCUT2D eigenvalue weighted by molar-refractivity contribution is 8.03. The smallest absolute Gasteiger partial charge is 0.0348 e. The van der Waals surface area contributed by atoms with Crippen molar-refractivity contribution in [1.29, 1.82) is 5.41 Å². The number of hydrogen-bond acceptors (Lipinski definition) is 3. The second-order valence-electron chi connectivity index (χ2n) is 5.13. The number of allylic oxidation sites excluding steroid dienone is 3. The predicted molar refractivity (Wildman–Crippen MR) is 76.8 cm³/mol. The van der Waals surface area contributed by atoms with Gasteiger partial charge in [-0.05, 0) is 50.4 Å². The zero-order chi connectivity index (χ0) is 12.3. The van der Waals surface area contributed by atoms with Crippen molar-refractivity contribution in [2.45, 2.75) is 26.7 Å². The quantitative estimate of drug-likeness (QED) is 0.754. The topological polar surface area (TPSA) is 35.9 Å². The number of hydrogen-bond donors (Lipinski definition) is 2. The Morgan fingerprint density at radius 2 is 2.18 bits per heavy atom. The molecule has 2 aliphatic rings. The summed E-state index contributed by atoms with van der Waals surface area (Å²) in [6.45, 7) is 6.53. The molecule has 0 radical (unpaired) electrons. The van der Waals surface area contributed by atoms with Gasteiger partial charge in [-0.1, -0.05) is 13.0 Å². The molecule has 1 saturated heterocycles. The van der Waals surface area contributed by atoms with Gasteiger partial charge in [-0.3, -0.25) is 0 Å². The summed E-state index contributed by atoms with van der Waals surface area (Å²) in [4.78, 5) is 1.39. The SMILES string of the molecule is C/C(=C\C(=N)C1CCNCC1)C1=CC(C)CS1. The predicted octanol–water partition coefficient (Wildman–Crippen LogP) is 3.22. The van der Waals surface area contributed by atoms with Gasteiger partial charge in [-0.25, -0.2) is 0 Å². The minimum Gasteiger partial charge on any atom is -0.317 e. The summed E-state index contributed by atoms with van der Waals surface area (Å²) >= 11 is 1.93. The van der Waals surface area contributed by atoms with Crippen LogP contribution >= 0.6 is 11.8 Å². The van der Waals surface area contributed by atoms with Crippen LogP contribution in [0.25, 0.3) is 0 Å². The van der Waals surface area contributed by atoms with E-state index in [2.05, 4.69) is 31.3 Å². The lowest BCUT2D eigenvalue weighted by molar-refractivity contribution is 0.456. The molecule has 0 spiro atoms. The average Bonchev–Trinajstić information content (AvgIpc) is 2.77. The summed E-state index contributed by atoms with van der Waals surface area (Å²) in [5.41, 5.74) is 2.10. The Morgan fingerprint density at radius 3 is 2.76 bits per heavy atom. The summed E-state index contributed by atoms with van der Waals surface area (Å²) in [5.74, 6) is 2.35. The standard InChI is InChI=1S/C14H22N2S/c1-10-7-14(17-9-10)11(2)8-13(15)12-3-5-16-6-4-12/h7-8,10,12,15-16H,3-6,9H2,1-2H3/b11-8+,15-13?. The van der Waals surface area contributed by atoms with Crippen molar-refractivity contribution in [1.82, 2.24) is 5.32 Å². The Kier molecular flexibility index (Phi) is 4.46. The fourth-order valence-electron chi connectivity index (χ4n) is 2.38. The van der Waals surface area contributed by atoms with Crippen LogP contribution in [0.5, 0.6) is 0 Å². The van der Waals surface area contributed by atoms with Gasteiger partial charge in [0.05, 0.1) is 0 Å². The highest BCUT2D eigenvalue weighted by Gasteiger charge is 2.18. The highest BCUT2D eigenvalue weighted by atomic mass is 32.2. The number of nitrogens with one attached hydrogen (secondary N) is 2. The molecule has 0 aromatic heterocycles. The van der Waals surface area contributed by atoms with Crippen molar-refractivity contribution in [2.24, 2.45) is 11.8 Å². The monoisotopic (exact) mass is 250 g/mol. The van der Waals surface area contributed by atoms with Crippen molar-refractivity contribution >= 4 is 17.5 Å². The van der Waals surface area contributed by atoms with Gasteiger partial charge in [-0.15, -0.1) is 11.8 Å². The van der Waals surface area contributed by atoms with E-state index in [1.54, 1.807) is 0 Å². The fourth-order valence-corrected chi connectivity index (χ4v) is 3.53. The van der Waals surface area contributed by atoms with Crippen molar-refractivity contribution < 1.29 is 0 Å². The summed E-state index contributed by atoms with van der Waals surface area (Å²) in [6, 6.07) is 0. The lowest BCUT2D eigenvalue weighted by Crippen LogP contribution is -2.31. The van der Waals surface area contributed by atoms with E-state index in [4.69, 9.17) is 5.41 Å². The van der Waals surface area contributed by atoms with E-state index >= 15 is 0 Å². The summed E-state index contributed by atoms with van der Waals surface area (Å²) in [5, 5.41) is 11.5. The van der Waals surface area contributed by atoms with Crippen LogP contribution in [0.3, 0.4) is 0 Å². The van der Waals surface area contributed by atoms with Gasteiger partial charge < -0.3 is 10.7 Å². The summed E-state index contributed by atoms with van der Waals surface area (Å²) < 4.78 is 0. The van der Waals surface area contributed by atoms with Gasteiger partial charge >= 0.3 is 0 Å². The maximum atomic E-state index is 8.19. The largest absolute Gasteiger partial charge is 0.317 e.